The Morgan fingerprint density at radius 1 is 1.00 bits per heavy atom. The highest BCUT2D eigenvalue weighted by molar-refractivity contribution is 7.99. The fourth-order valence-corrected chi connectivity index (χ4v) is 4.36. The van der Waals surface area contributed by atoms with E-state index in [2.05, 4.69) is 9.80 Å². The molecule has 0 aliphatic carbocycles. The summed E-state index contributed by atoms with van der Waals surface area (Å²) < 4.78 is 51.8. The zero-order chi connectivity index (χ0) is 21.7. The van der Waals surface area contributed by atoms with Crippen LogP contribution in [0.25, 0.3) is 0 Å². The third-order valence-corrected chi connectivity index (χ3v) is 6.51. The van der Waals surface area contributed by atoms with Gasteiger partial charge in [-0.25, -0.2) is 4.39 Å². The highest BCUT2D eigenvalue weighted by Gasteiger charge is 2.30. The van der Waals surface area contributed by atoms with Gasteiger partial charge >= 0.3 is 6.18 Å². The van der Waals surface area contributed by atoms with E-state index < -0.39 is 17.8 Å². The summed E-state index contributed by atoms with van der Waals surface area (Å²) in [6.07, 6.45) is -4.94. The average Bonchev–Trinajstić information content (AvgIpc) is 2.70. The molecule has 1 N–H and O–H groups in total. The molecule has 0 spiro atoms. The largest absolute Gasteiger partial charge is 0.416 e. The van der Waals surface area contributed by atoms with Gasteiger partial charge in [0.15, 0.2) is 0 Å². The van der Waals surface area contributed by atoms with Crippen LogP contribution in [0.5, 0.6) is 0 Å². The van der Waals surface area contributed by atoms with E-state index in [1.54, 1.807) is 12.1 Å². The van der Waals surface area contributed by atoms with Crippen molar-refractivity contribution in [1.82, 2.24) is 9.80 Å². The molecule has 0 amide bonds. The van der Waals surface area contributed by atoms with Crippen LogP contribution in [0.1, 0.15) is 11.1 Å². The van der Waals surface area contributed by atoms with Gasteiger partial charge in [0.1, 0.15) is 5.82 Å². The normalized spacial score (nSPS) is 17.3. The van der Waals surface area contributed by atoms with Crippen LogP contribution in [0.3, 0.4) is 0 Å². The van der Waals surface area contributed by atoms with E-state index in [4.69, 9.17) is 11.6 Å². The molecule has 3 nitrogen and oxygen atoms in total. The number of hydrogen-bond donors (Lipinski definition) is 1. The monoisotopic (exact) mass is 462 g/mol. The Balaban J connectivity index is 1.40. The molecule has 3 rings (SSSR count). The van der Waals surface area contributed by atoms with Crippen molar-refractivity contribution in [2.24, 2.45) is 0 Å². The predicted octanol–water partition coefficient (Wildman–Crippen LogP) is 4.77. The third kappa shape index (κ3) is 6.59. The smallest absolute Gasteiger partial charge is 0.391 e. The van der Waals surface area contributed by atoms with Crippen molar-refractivity contribution in [3.8, 4) is 0 Å². The number of piperazine rings is 1. The van der Waals surface area contributed by atoms with E-state index in [1.807, 2.05) is 0 Å². The minimum absolute atomic E-state index is 0.305. The number of β-amino-alcohol motifs (C(OH)–C–C–N with tert-alkyl or cyclic N) is 1. The number of hydrogen-bond acceptors (Lipinski definition) is 4. The van der Waals surface area contributed by atoms with E-state index in [0.29, 0.717) is 34.3 Å². The first-order valence-corrected chi connectivity index (χ1v) is 10.9. The molecule has 1 atom stereocenters. The van der Waals surface area contributed by atoms with Crippen molar-refractivity contribution in [1.29, 1.82) is 0 Å². The van der Waals surface area contributed by atoms with E-state index in [-0.39, 0.29) is 5.82 Å². The van der Waals surface area contributed by atoms with Crippen LogP contribution in [0.15, 0.2) is 47.4 Å². The van der Waals surface area contributed by atoms with Crippen LogP contribution in [-0.4, -0.2) is 59.5 Å². The maximum Gasteiger partial charge on any atom is 0.416 e. The van der Waals surface area contributed by atoms with Crippen LogP contribution in [-0.2, 0) is 12.7 Å². The highest BCUT2D eigenvalue weighted by Crippen LogP contribution is 2.31. The van der Waals surface area contributed by atoms with Crippen LogP contribution >= 0.6 is 23.4 Å². The minimum atomic E-state index is -4.34. The summed E-state index contributed by atoms with van der Waals surface area (Å²) in [6.45, 7) is 3.91. The summed E-state index contributed by atoms with van der Waals surface area (Å²) >= 11 is 7.43. The maximum atomic E-state index is 13.9. The van der Waals surface area contributed by atoms with E-state index in [0.717, 1.165) is 38.3 Å². The number of benzene rings is 2. The van der Waals surface area contributed by atoms with Gasteiger partial charge in [-0.1, -0.05) is 17.7 Å². The zero-order valence-electron chi connectivity index (χ0n) is 16.2. The summed E-state index contributed by atoms with van der Waals surface area (Å²) in [7, 11) is 0. The van der Waals surface area contributed by atoms with Crippen LogP contribution in [0.4, 0.5) is 17.6 Å². The lowest BCUT2D eigenvalue weighted by molar-refractivity contribution is -0.137. The van der Waals surface area contributed by atoms with Crippen molar-refractivity contribution in [2.45, 2.75) is 23.7 Å². The fourth-order valence-electron chi connectivity index (χ4n) is 3.32. The standard InChI is InChI=1S/C21H23ClF4N2OS/c22-19-2-1-3-20(23)18(19)13-28-10-8-27(9-11-28)12-16(29)14-30-17-6-4-15(5-7-17)21(24,25)26/h1-7,16,29H,8-14H2/t16-/m0/s1. The fraction of sp³-hybridized carbons (Fsp3) is 0.429. The Bertz CT molecular complexity index is 806. The van der Waals surface area contributed by atoms with Gasteiger partial charge in [0.05, 0.1) is 11.7 Å². The van der Waals surface area contributed by atoms with Crippen molar-refractivity contribution in [2.75, 3.05) is 38.5 Å². The molecule has 0 radical (unpaired) electrons. The van der Waals surface area contributed by atoms with Crippen molar-refractivity contribution in [3.05, 3.63) is 64.4 Å². The van der Waals surface area contributed by atoms with Gasteiger partial charge in [-0.15, -0.1) is 11.8 Å². The molecule has 1 aliphatic rings. The molecule has 1 aliphatic heterocycles. The summed E-state index contributed by atoms with van der Waals surface area (Å²) in [5.41, 5.74) is -0.178. The van der Waals surface area contributed by atoms with Gasteiger partial charge in [0.2, 0.25) is 0 Å². The second-order valence-corrected chi connectivity index (χ2v) is 8.76. The number of halogens is 5. The Labute approximate surface area is 182 Å². The van der Waals surface area contributed by atoms with E-state index >= 15 is 0 Å². The van der Waals surface area contributed by atoms with Crippen LogP contribution in [0, 0.1) is 5.82 Å². The first-order valence-electron chi connectivity index (χ1n) is 9.58. The number of aliphatic hydroxyl groups is 1. The predicted molar refractivity (Wildman–Crippen MR) is 111 cm³/mol. The topological polar surface area (TPSA) is 26.7 Å². The molecule has 30 heavy (non-hydrogen) atoms. The van der Waals surface area contributed by atoms with Gasteiger partial charge in [-0.05, 0) is 36.4 Å². The summed E-state index contributed by atoms with van der Waals surface area (Å²) in [4.78, 5) is 4.95. The van der Waals surface area contributed by atoms with Crippen LogP contribution in [0.2, 0.25) is 5.02 Å². The van der Waals surface area contributed by atoms with E-state index in [9.17, 15) is 22.7 Å². The number of alkyl halides is 3. The first-order chi connectivity index (χ1) is 14.2. The lowest BCUT2D eigenvalue weighted by atomic mass is 10.1. The summed E-state index contributed by atoms with van der Waals surface area (Å²) in [6, 6.07) is 9.62. The third-order valence-electron chi connectivity index (χ3n) is 5.00. The van der Waals surface area contributed by atoms with E-state index in [1.165, 1.54) is 30.0 Å². The molecule has 2 aromatic rings. The lowest BCUT2D eigenvalue weighted by Gasteiger charge is -2.35. The Morgan fingerprint density at radius 3 is 2.23 bits per heavy atom. The summed E-state index contributed by atoms with van der Waals surface area (Å²) in [5, 5.41) is 10.7. The number of nitrogens with zero attached hydrogens (tertiary/aromatic N) is 2. The van der Waals surface area contributed by atoms with Gasteiger partial charge < -0.3 is 5.11 Å². The van der Waals surface area contributed by atoms with Crippen LogP contribution < -0.4 is 0 Å². The highest BCUT2D eigenvalue weighted by atomic mass is 35.5. The Kier molecular flexibility index (Phi) is 8.04. The molecule has 2 aromatic carbocycles. The van der Waals surface area contributed by atoms with Crippen molar-refractivity contribution < 1.29 is 22.7 Å². The molecular weight excluding hydrogens is 440 g/mol. The molecule has 1 heterocycles. The molecule has 0 aromatic heterocycles. The Morgan fingerprint density at radius 2 is 1.63 bits per heavy atom. The molecule has 1 saturated heterocycles. The molecule has 0 saturated carbocycles. The lowest BCUT2D eigenvalue weighted by Crippen LogP contribution is -2.48. The number of rotatable bonds is 7. The minimum Gasteiger partial charge on any atom is -0.391 e. The maximum absolute atomic E-state index is 13.9. The quantitative estimate of drug-likeness (QED) is 0.473. The molecular formula is C21H23ClF4N2OS. The Hall–Kier alpha value is -1.32. The van der Waals surface area contributed by atoms with Gasteiger partial charge in [-0.3, -0.25) is 9.80 Å². The zero-order valence-corrected chi connectivity index (χ0v) is 17.8. The SMILES string of the molecule is O[C@H](CSc1ccc(C(F)(F)F)cc1)CN1CCN(Cc2c(F)cccc2Cl)CC1. The molecule has 164 valence electrons. The average molecular weight is 463 g/mol. The van der Waals surface area contributed by atoms with Crippen molar-refractivity contribution >= 4 is 23.4 Å². The number of aliphatic hydroxyl groups excluding tert-OH is 1. The summed E-state index contributed by atoms with van der Waals surface area (Å²) in [5.74, 6) is 0.0943. The molecule has 0 unspecified atom stereocenters. The second-order valence-electron chi connectivity index (χ2n) is 7.26. The second kappa shape index (κ2) is 10.3. The number of thioether (sulfide) groups is 1. The van der Waals surface area contributed by atoms with Gasteiger partial charge in [0, 0.05) is 60.5 Å². The first kappa shape index (κ1) is 23.3. The molecule has 0 bridgehead atoms. The van der Waals surface area contributed by atoms with Gasteiger partial charge in [0.25, 0.3) is 0 Å². The van der Waals surface area contributed by atoms with Crippen molar-refractivity contribution in [3.63, 3.8) is 0 Å². The van der Waals surface area contributed by atoms with Gasteiger partial charge in [-0.2, -0.15) is 13.2 Å². The molecule has 1 fully saturated rings. The molecule has 9 heteroatoms.